The number of carbonyl (C=O) groups excluding carboxylic acids is 1. The van der Waals surface area contributed by atoms with Gasteiger partial charge in [0.05, 0.1) is 18.4 Å². The van der Waals surface area contributed by atoms with Gasteiger partial charge in [0.1, 0.15) is 11.7 Å². The average molecular weight is 244 g/mol. The maximum absolute atomic E-state index is 12.3. The van der Waals surface area contributed by atoms with E-state index in [0.29, 0.717) is 19.6 Å². The highest BCUT2D eigenvalue weighted by Gasteiger charge is 2.27. The number of fused-ring (bicyclic) bond motifs is 1. The van der Waals surface area contributed by atoms with Gasteiger partial charge in [-0.2, -0.15) is 5.26 Å². The third-order valence-corrected chi connectivity index (χ3v) is 3.07. The number of anilines is 1. The molecule has 1 unspecified atom stereocenters. The van der Waals surface area contributed by atoms with Crippen LogP contribution >= 0.6 is 0 Å². The van der Waals surface area contributed by atoms with Gasteiger partial charge in [0.2, 0.25) is 5.91 Å². The Bertz CT molecular complexity index is 479. The summed E-state index contributed by atoms with van der Waals surface area (Å²) in [4.78, 5) is 14.0. The van der Waals surface area contributed by atoms with Crippen molar-refractivity contribution in [3.8, 4) is 11.8 Å². The molecule has 4 heteroatoms. The normalized spacial score (nSPS) is 15.9. The molecule has 0 saturated carbocycles. The number of para-hydroxylation sites is 2. The molecular weight excluding hydrogens is 228 g/mol. The van der Waals surface area contributed by atoms with Crippen LogP contribution < -0.4 is 9.64 Å². The minimum atomic E-state index is -0.573. The molecule has 1 aromatic carbocycles. The number of nitrogens with zero attached hydrogens (tertiary/aromatic N) is 2. The molecule has 1 aromatic rings. The van der Waals surface area contributed by atoms with E-state index >= 15 is 0 Å². The summed E-state index contributed by atoms with van der Waals surface area (Å²) in [7, 11) is 0. The number of nitriles is 1. The Balaban J connectivity index is 2.33. The lowest BCUT2D eigenvalue weighted by Gasteiger charge is -2.23. The molecule has 0 bridgehead atoms. The van der Waals surface area contributed by atoms with Gasteiger partial charge in [-0.15, -0.1) is 0 Å². The third kappa shape index (κ3) is 2.30. The fourth-order valence-corrected chi connectivity index (χ4v) is 2.07. The zero-order valence-corrected chi connectivity index (χ0v) is 10.4. The zero-order valence-electron chi connectivity index (χ0n) is 10.4. The predicted octanol–water partition coefficient (Wildman–Crippen LogP) is 2.35. The first-order valence-corrected chi connectivity index (χ1v) is 6.20. The largest absolute Gasteiger partial charge is 0.491 e. The van der Waals surface area contributed by atoms with Crippen LogP contribution in [0.5, 0.6) is 5.75 Å². The monoisotopic (exact) mass is 244 g/mol. The molecule has 18 heavy (non-hydrogen) atoms. The fraction of sp³-hybridized carbons (Fsp3) is 0.429. The Kier molecular flexibility index (Phi) is 3.83. The summed E-state index contributed by atoms with van der Waals surface area (Å²) in [6.45, 7) is 3.06. The molecule has 0 aromatic heterocycles. The molecule has 2 rings (SSSR count). The molecule has 1 heterocycles. The van der Waals surface area contributed by atoms with Crippen LogP contribution in [0, 0.1) is 17.2 Å². The maximum Gasteiger partial charge on any atom is 0.244 e. The molecule has 1 aliphatic heterocycles. The SMILES string of the molecule is CCC(C#N)C(=O)N1CCCOc2ccccc21. The summed E-state index contributed by atoms with van der Waals surface area (Å²) in [6, 6.07) is 9.55. The number of carbonyl (C=O) groups is 1. The molecule has 0 spiro atoms. The van der Waals surface area contributed by atoms with Crippen molar-refractivity contribution >= 4 is 11.6 Å². The molecule has 1 amide bonds. The highest BCUT2D eigenvalue weighted by Crippen LogP contribution is 2.31. The minimum Gasteiger partial charge on any atom is -0.491 e. The number of hydrogen-bond acceptors (Lipinski definition) is 3. The van der Waals surface area contributed by atoms with Crippen LogP contribution in [0.4, 0.5) is 5.69 Å². The van der Waals surface area contributed by atoms with Crippen LogP contribution in [0.15, 0.2) is 24.3 Å². The summed E-state index contributed by atoms with van der Waals surface area (Å²) in [5, 5.41) is 9.02. The van der Waals surface area contributed by atoms with E-state index in [1.165, 1.54) is 0 Å². The van der Waals surface area contributed by atoms with Gasteiger partial charge in [0.15, 0.2) is 0 Å². The number of ether oxygens (including phenoxy) is 1. The van der Waals surface area contributed by atoms with E-state index in [2.05, 4.69) is 6.07 Å². The van der Waals surface area contributed by atoms with E-state index in [4.69, 9.17) is 10.00 Å². The van der Waals surface area contributed by atoms with Crippen LogP contribution in [0.1, 0.15) is 19.8 Å². The lowest BCUT2D eigenvalue weighted by atomic mass is 10.1. The van der Waals surface area contributed by atoms with Crippen molar-refractivity contribution in [2.45, 2.75) is 19.8 Å². The van der Waals surface area contributed by atoms with Gasteiger partial charge in [-0.25, -0.2) is 0 Å². The predicted molar refractivity (Wildman–Crippen MR) is 68.3 cm³/mol. The Morgan fingerprint density at radius 3 is 3.06 bits per heavy atom. The highest BCUT2D eigenvalue weighted by molar-refractivity contribution is 5.97. The second-order valence-corrected chi connectivity index (χ2v) is 4.25. The lowest BCUT2D eigenvalue weighted by molar-refractivity contribution is -0.120. The topological polar surface area (TPSA) is 53.3 Å². The quantitative estimate of drug-likeness (QED) is 0.802. The lowest BCUT2D eigenvalue weighted by Crippen LogP contribution is -2.36. The van der Waals surface area contributed by atoms with Crippen molar-refractivity contribution in [3.63, 3.8) is 0 Å². The summed E-state index contributed by atoms with van der Waals surface area (Å²) < 4.78 is 5.60. The minimum absolute atomic E-state index is 0.127. The first kappa shape index (κ1) is 12.4. The highest BCUT2D eigenvalue weighted by atomic mass is 16.5. The van der Waals surface area contributed by atoms with Crippen molar-refractivity contribution in [2.24, 2.45) is 5.92 Å². The first-order chi connectivity index (χ1) is 8.77. The van der Waals surface area contributed by atoms with Gasteiger partial charge in [0.25, 0.3) is 0 Å². The summed E-state index contributed by atoms with van der Waals surface area (Å²) in [6.07, 6.45) is 1.32. The third-order valence-electron chi connectivity index (χ3n) is 3.07. The van der Waals surface area contributed by atoms with Gasteiger partial charge in [-0.1, -0.05) is 19.1 Å². The molecule has 0 radical (unpaired) electrons. The fourth-order valence-electron chi connectivity index (χ4n) is 2.07. The standard InChI is InChI=1S/C14H16N2O2/c1-2-11(10-15)14(17)16-8-5-9-18-13-7-4-3-6-12(13)16/h3-4,6-7,11H,2,5,8-9H2,1H3. The molecule has 1 atom stereocenters. The van der Waals surface area contributed by atoms with Crippen molar-refractivity contribution in [1.29, 1.82) is 5.26 Å². The maximum atomic E-state index is 12.3. The summed E-state index contributed by atoms with van der Waals surface area (Å²) >= 11 is 0. The van der Waals surface area contributed by atoms with Crippen LogP contribution in [-0.4, -0.2) is 19.1 Å². The van der Waals surface area contributed by atoms with Gasteiger partial charge in [-0.05, 0) is 25.0 Å². The second kappa shape index (κ2) is 5.54. The Labute approximate surface area is 107 Å². The molecule has 0 aliphatic carbocycles. The van der Waals surface area contributed by atoms with Crippen molar-refractivity contribution in [3.05, 3.63) is 24.3 Å². The van der Waals surface area contributed by atoms with Crippen LogP contribution in [0.2, 0.25) is 0 Å². The number of benzene rings is 1. The molecule has 94 valence electrons. The van der Waals surface area contributed by atoms with Crippen molar-refractivity contribution in [2.75, 3.05) is 18.1 Å². The Morgan fingerprint density at radius 1 is 1.56 bits per heavy atom. The smallest absolute Gasteiger partial charge is 0.244 e. The van der Waals surface area contributed by atoms with E-state index in [0.717, 1.165) is 17.9 Å². The van der Waals surface area contributed by atoms with Crippen LogP contribution in [-0.2, 0) is 4.79 Å². The van der Waals surface area contributed by atoms with E-state index in [1.54, 1.807) is 4.90 Å². The Hall–Kier alpha value is -2.02. The van der Waals surface area contributed by atoms with Crippen molar-refractivity contribution in [1.82, 2.24) is 0 Å². The number of rotatable bonds is 2. The molecule has 4 nitrogen and oxygen atoms in total. The Morgan fingerprint density at radius 2 is 2.33 bits per heavy atom. The van der Waals surface area contributed by atoms with Gasteiger partial charge in [0, 0.05) is 6.54 Å². The molecule has 0 fully saturated rings. The van der Waals surface area contributed by atoms with E-state index < -0.39 is 5.92 Å². The number of hydrogen-bond donors (Lipinski definition) is 0. The molecule has 1 aliphatic rings. The average Bonchev–Trinajstić information content (AvgIpc) is 2.62. The number of amides is 1. The second-order valence-electron chi connectivity index (χ2n) is 4.25. The van der Waals surface area contributed by atoms with Gasteiger partial charge in [-0.3, -0.25) is 4.79 Å². The van der Waals surface area contributed by atoms with Crippen LogP contribution in [0.3, 0.4) is 0 Å². The van der Waals surface area contributed by atoms with E-state index in [9.17, 15) is 4.79 Å². The van der Waals surface area contributed by atoms with Gasteiger partial charge < -0.3 is 9.64 Å². The zero-order chi connectivity index (χ0) is 13.0. The molecule has 0 N–H and O–H groups in total. The van der Waals surface area contributed by atoms with E-state index in [-0.39, 0.29) is 5.91 Å². The van der Waals surface area contributed by atoms with Crippen LogP contribution in [0.25, 0.3) is 0 Å². The first-order valence-electron chi connectivity index (χ1n) is 6.20. The molecule has 0 saturated heterocycles. The van der Waals surface area contributed by atoms with Crippen molar-refractivity contribution < 1.29 is 9.53 Å². The molecular formula is C14H16N2O2. The van der Waals surface area contributed by atoms with E-state index in [1.807, 2.05) is 31.2 Å². The van der Waals surface area contributed by atoms with Gasteiger partial charge >= 0.3 is 0 Å². The summed E-state index contributed by atoms with van der Waals surface area (Å²) in [5.41, 5.74) is 0.772. The summed E-state index contributed by atoms with van der Waals surface area (Å²) in [5.74, 6) is 0.0187.